The van der Waals surface area contributed by atoms with Gasteiger partial charge in [0.15, 0.2) is 0 Å². The second kappa shape index (κ2) is 11.5. The molecule has 5 rings (SSSR count). The molecule has 0 aliphatic heterocycles. The van der Waals surface area contributed by atoms with E-state index in [1.165, 1.54) is 11.6 Å². The van der Waals surface area contributed by atoms with Crippen LogP contribution < -0.4 is 5.63 Å². The van der Waals surface area contributed by atoms with Crippen LogP contribution in [0.25, 0.3) is 0 Å². The highest BCUT2D eigenvalue weighted by atomic mass is 16.5. The maximum atomic E-state index is 12.5. The van der Waals surface area contributed by atoms with E-state index >= 15 is 0 Å². The predicted molar refractivity (Wildman–Crippen MR) is 151 cm³/mol. The van der Waals surface area contributed by atoms with Crippen molar-refractivity contribution in [2.45, 2.75) is 128 Å². The molecule has 4 aliphatic carbocycles. The quantitative estimate of drug-likeness (QED) is 0.192. The van der Waals surface area contributed by atoms with Gasteiger partial charge >= 0.3 is 17.6 Å². The first-order valence-electron chi connectivity index (χ1n) is 15.5. The third-order valence-corrected chi connectivity index (χ3v) is 11.4. The lowest BCUT2D eigenvalue weighted by Gasteiger charge is -2.61. The summed E-state index contributed by atoms with van der Waals surface area (Å²) in [6.07, 6.45) is 15.9. The number of carbonyl (C=O) groups excluding carboxylic acids is 1. The molecule has 3 fully saturated rings. The average molecular weight is 555 g/mol. The Bertz CT molecular complexity index is 1160. The van der Waals surface area contributed by atoms with Gasteiger partial charge in [-0.2, -0.15) is 0 Å². The molecular formula is C33H46O7. The number of aliphatic carboxylic acids is 1. The zero-order chi connectivity index (χ0) is 28.5. The molecule has 0 radical (unpaired) electrons. The van der Waals surface area contributed by atoms with Crippen molar-refractivity contribution < 1.29 is 29.0 Å². The summed E-state index contributed by atoms with van der Waals surface area (Å²) in [7, 11) is 0. The van der Waals surface area contributed by atoms with E-state index in [4.69, 9.17) is 14.3 Å². The summed E-state index contributed by atoms with van der Waals surface area (Å²) in [5.41, 5.74) is 1.15. The Balaban J connectivity index is 1.19. The lowest BCUT2D eigenvalue weighted by atomic mass is 9.45. The molecule has 0 spiro atoms. The van der Waals surface area contributed by atoms with Crippen molar-refractivity contribution in [2.75, 3.05) is 0 Å². The number of hydrogen-bond acceptors (Lipinski definition) is 6. The number of ether oxygens (including phenoxy) is 1. The van der Waals surface area contributed by atoms with E-state index in [0.717, 1.165) is 82.6 Å². The molecular weight excluding hydrogens is 508 g/mol. The van der Waals surface area contributed by atoms with Crippen LogP contribution in [0, 0.1) is 22.7 Å². The van der Waals surface area contributed by atoms with Crippen LogP contribution in [0.4, 0.5) is 0 Å². The van der Waals surface area contributed by atoms with E-state index in [0.29, 0.717) is 18.8 Å². The average Bonchev–Trinajstić information content (AvgIpc) is 3.19. The normalized spacial score (nSPS) is 36.6. The van der Waals surface area contributed by atoms with Crippen LogP contribution in [0.5, 0.6) is 0 Å². The second-order valence-corrected chi connectivity index (χ2v) is 13.4. The molecule has 0 unspecified atom stereocenters. The molecule has 1 heterocycles. The number of carboxylic acids is 1. The fourth-order valence-corrected chi connectivity index (χ4v) is 9.16. The maximum Gasteiger partial charge on any atom is 0.335 e. The molecule has 220 valence electrons. The third-order valence-electron chi connectivity index (χ3n) is 11.4. The van der Waals surface area contributed by atoms with E-state index < -0.39 is 11.6 Å². The highest BCUT2D eigenvalue weighted by molar-refractivity contribution is 5.69. The van der Waals surface area contributed by atoms with Crippen LogP contribution in [-0.2, 0) is 14.3 Å². The summed E-state index contributed by atoms with van der Waals surface area (Å²) >= 11 is 0. The molecule has 2 N–H and O–H groups in total. The van der Waals surface area contributed by atoms with Gasteiger partial charge in [-0.15, -0.1) is 0 Å². The van der Waals surface area contributed by atoms with Crippen molar-refractivity contribution in [3.05, 3.63) is 46.0 Å². The second-order valence-electron chi connectivity index (χ2n) is 13.4. The van der Waals surface area contributed by atoms with E-state index in [1.54, 1.807) is 6.26 Å². The zero-order valence-corrected chi connectivity index (χ0v) is 24.2. The molecule has 1 aromatic heterocycles. The number of fused-ring (bicyclic) bond motifs is 5. The highest BCUT2D eigenvalue weighted by Crippen LogP contribution is 2.70. The standard InChI is InChI=1S/C33H46O7/c1-31-17-14-24(40-30(37)9-7-5-3-4-6-8-28(34)35)20-23(31)11-12-27-26(31)15-18-32(2)25(16-19-33(27,32)38)22-10-13-29(36)39-21-22/h10,13,20-21,24-27,38H,3-9,11-12,14-19H2,1-2H3,(H,34,35)/t24-,25+,26-,27+,31-,32+,33-/m0/s1. The van der Waals surface area contributed by atoms with Crippen LogP contribution in [0.1, 0.15) is 122 Å². The molecule has 0 bridgehead atoms. The summed E-state index contributed by atoms with van der Waals surface area (Å²) in [6, 6.07) is 3.38. The summed E-state index contributed by atoms with van der Waals surface area (Å²) < 4.78 is 11.1. The maximum absolute atomic E-state index is 12.5. The molecule has 40 heavy (non-hydrogen) atoms. The van der Waals surface area contributed by atoms with Gasteiger partial charge in [0.05, 0.1) is 11.9 Å². The summed E-state index contributed by atoms with van der Waals surface area (Å²) in [4.78, 5) is 34.7. The molecule has 3 saturated carbocycles. The van der Waals surface area contributed by atoms with Gasteiger partial charge in [-0.25, -0.2) is 4.79 Å². The monoisotopic (exact) mass is 554 g/mol. The number of esters is 1. The first kappa shape index (κ1) is 29.1. The topological polar surface area (TPSA) is 114 Å². The van der Waals surface area contributed by atoms with Gasteiger partial charge in [0.1, 0.15) is 6.10 Å². The van der Waals surface area contributed by atoms with Crippen molar-refractivity contribution in [2.24, 2.45) is 22.7 Å². The van der Waals surface area contributed by atoms with Gasteiger partial charge < -0.3 is 19.4 Å². The van der Waals surface area contributed by atoms with Crippen LogP contribution in [-0.4, -0.2) is 33.9 Å². The van der Waals surface area contributed by atoms with Gasteiger partial charge in [0.2, 0.25) is 0 Å². The Kier molecular flexibility index (Phi) is 8.34. The Morgan fingerprint density at radius 1 is 0.950 bits per heavy atom. The number of allylic oxidation sites excluding steroid dienone is 1. The molecule has 7 nitrogen and oxygen atoms in total. The number of rotatable bonds is 10. The van der Waals surface area contributed by atoms with Gasteiger partial charge in [-0.3, -0.25) is 9.59 Å². The number of unbranched alkanes of at least 4 members (excludes halogenated alkanes) is 4. The Morgan fingerprint density at radius 3 is 2.42 bits per heavy atom. The molecule has 4 aliphatic rings. The molecule has 0 aromatic carbocycles. The van der Waals surface area contributed by atoms with Gasteiger partial charge in [-0.1, -0.05) is 38.7 Å². The first-order chi connectivity index (χ1) is 19.1. The van der Waals surface area contributed by atoms with E-state index in [1.807, 2.05) is 6.07 Å². The molecule has 0 saturated heterocycles. The lowest BCUT2D eigenvalue weighted by Crippen LogP contribution is -2.60. The Hall–Kier alpha value is -2.41. The van der Waals surface area contributed by atoms with Gasteiger partial charge in [0, 0.05) is 24.3 Å². The molecule has 0 amide bonds. The smallest absolute Gasteiger partial charge is 0.335 e. The van der Waals surface area contributed by atoms with Crippen LogP contribution >= 0.6 is 0 Å². The van der Waals surface area contributed by atoms with Gasteiger partial charge in [0.25, 0.3) is 0 Å². The fourth-order valence-electron chi connectivity index (χ4n) is 9.16. The first-order valence-corrected chi connectivity index (χ1v) is 15.5. The summed E-state index contributed by atoms with van der Waals surface area (Å²) in [6.45, 7) is 4.63. The molecule has 7 atom stereocenters. The van der Waals surface area contributed by atoms with E-state index in [-0.39, 0.29) is 46.8 Å². The third kappa shape index (κ3) is 5.31. The van der Waals surface area contributed by atoms with Crippen LogP contribution in [0.3, 0.4) is 0 Å². The van der Waals surface area contributed by atoms with Crippen molar-refractivity contribution in [3.8, 4) is 0 Å². The largest absolute Gasteiger partial charge is 0.481 e. The zero-order valence-electron chi connectivity index (χ0n) is 24.2. The summed E-state index contributed by atoms with van der Waals surface area (Å²) in [5, 5.41) is 21.1. The van der Waals surface area contributed by atoms with Crippen LogP contribution in [0.15, 0.2) is 39.3 Å². The van der Waals surface area contributed by atoms with Crippen molar-refractivity contribution in [3.63, 3.8) is 0 Å². The Morgan fingerprint density at radius 2 is 1.70 bits per heavy atom. The number of hydrogen-bond donors (Lipinski definition) is 2. The number of carbonyl (C=O) groups is 2. The minimum absolute atomic E-state index is 0.0243. The van der Waals surface area contributed by atoms with Crippen molar-refractivity contribution in [1.29, 1.82) is 0 Å². The summed E-state index contributed by atoms with van der Waals surface area (Å²) in [5.74, 6) is -0.0479. The van der Waals surface area contributed by atoms with E-state index in [2.05, 4.69) is 19.9 Å². The minimum Gasteiger partial charge on any atom is -0.481 e. The lowest BCUT2D eigenvalue weighted by molar-refractivity contribution is -0.178. The molecule has 7 heteroatoms. The van der Waals surface area contributed by atoms with Crippen molar-refractivity contribution >= 4 is 11.9 Å². The number of aliphatic hydroxyl groups is 1. The van der Waals surface area contributed by atoms with Gasteiger partial charge in [-0.05, 0) is 105 Å². The van der Waals surface area contributed by atoms with E-state index in [9.17, 15) is 19.5 Å². The van der Waals surface area contributed by atoms with Crippen LogP contribution in [0.2, 0.25) is 0 Å². The highest BCUT2D eigenvalue weighted by Gasteiger charge is 2.66. The minimum atomic E-state index is -0.750. The predicted octanol–water partition coefficient (Wildman–Crippen LogP) is 6.53. The SMILES string of the molecule is C[C@]12CC[C@H](OC(=O)CCCCCCCC(=O)O)C=C1CC[C@@H]1[C@@H]2CC[C@]2(C)[C@@H](c3ccc(=O)oc3)CC[C@]12O. The Labute approximate surface area is 237 Å². The fraction of sp³-hybridized carbons (Fsp3) is 0.727. The van der Waals surface area contributed by atoms with Crippen molar-refractivity contribution in [1.82, 2.24) is 0 Å². The molecule has 1 aromatic rings. The number of carboxylic acid groups (broad SMARTS) is 1.